The smallest absolute Gasteiger partial charge is 0.243 e. The number of aliphatic imine (C=N–C) groups is 1. The van der Waals surface area contributed by atoms with Crippen LogP contribution >= 0.6 is 22.9 Å². The lowest BCUT2D eigenvalue weighted by atomic mass is 9.96. The minimum Gasteiger partial charge on any atom is -0.276 e. The molecule has 0 saturated carbocycles. The van der Waals surface area contributed by atoms with Crippen LogP contribution in [0.3, 0.4) is 0 Å². The van der Waals surface area contributed by atoms with E-state index in [4.69, 9.17) is 16.6 Å². The summed E-state index contributed by atoms with van der Waals surface area (Å²) in [5, 5.41) is 12.2. The van der Waals surface area contributed by atoms with Gasteiger partial charge in [0.05, 0.1) is 10.6 Å². The first-order valence-electron chi connectivity index (χ1n) is 12.3. The van der Waals surface area contributed by atoms with Gasteiger partial charge < -0.3 is 0 Å². The number of nitrogens with zero attached hydrogens (tertiary/aromatic N) is 5. The van der Waals surface area contributed by atoms with Crippen molar-refractivity contribution in [2.45, 2.75) is 31.3 Å². The molecule has 190 valence electrons. The van der Waals surface area contributed by atoms with Gasteiger partial charge in [-0.05, 0) is 47.9 Å². The van der Waals surface area contributed by atoms with Gasteiger partial charge in [-0.15, -0.1) is 21.5 Å². The first kappa shape index (κ1) is 23.7. The van der Waals surface area contributed by atoms with E-state index >= 15 is 0 Å². The zero-order chi connectivity index (χ0) is 26.0. The number of hydrogen-bond donors (Lipinski definition) is 0. The van der Waals surface area contributed by atoms with E-state index in [0.717, 1.165) is 54.7 Å². The lowest BCUT2D eigenvalue weighted by molar-refractivity contribution is 0.395. The van der Waals surface area contributed by atoms with Crippen LogP contribution in [0, 0.1) is 6.92 Å². The van der Waals surface area contributed by atoms with Gasteiger partial charge >= 0.3 is 0 Å². The van der Waals surface area contributed by atoms with Gasteiger partial charge in [0.25, 0.3) is 0 Å². The second-order valence-electron chi connectivity index (χ2n) is 9.43. The molecule has 0 unspecified atom stereocenters. The van der Waals surface area contributed by atoms with Gasteiger partial charge in [-0.3, -0.25) is 9.56 Å². The Morgan fingerprint density at radius 2 is 1.76 bits per heavy atom. The molecule has 2 aliphatic heterocycles. The summed E-state index contributed by atoms with van der Waals surface area (Å²) in [4.78, 5) is 6.28. The Labute approximate surface area is 229 Å². The summed E-state index contributed by atoms with van der Waals surface area (Å²) >= 11 is 8.22. The number of benzene rings is 3. The predicted molar refractivity (Wildman–Crippen MR) is 150 cm³/mol. The molecule has 0 fully saturated rings. The van der Waals surface area contributed by atoms with Gasteiger partial charge in [0.2, 0.25) is 10.0 Å². The van der Waals surface area contributed by atoms with Crippen molar-refractivity contribution in [3.8, 4) is 5.00 Å². The average molecular weight is 560 g/mol. The van der Waals surface area contributed by atoms with Crippen LogP contribution in [0.25, 0.3) is 15.8 Å². The third-order valence-electron chi connectivity index (χ3n) is 7.20. The molecule has 7 rings (SSSR count). The molecule has 2 aliphatic rings. The quantitative estimate of drug-likeness (QED) is 0.290. The number of aromatic nitrogens is 3. The van der Waals surface area contributed by atoms with Crippen molar-refractivity contribution in [1.82, 2.24) is 19.1 Å². The van der Waals surface area contributed by atoms with Crippen molar-refractivity contribution in [3.63, 3.8) is 0 Å². The van der Waals surface area contributed by atoms with Gasteiger partial charge in [-0.25, -0.2) is 8.42 Å². The van der Waals surface area contributed by atoms with E-state index in [0.29, 0.717) is 36.0 Å². The van der Waals surface area contributed by atoms with Crippen molar-refractivity contribution in [2.75, 3.05) is 6.54 Å². The zero-order valence-corrected chi connectivity index (χ0v) is 22.8. The van der Waals surface area contributed by atoms with E-state index in [1.165, 1.54) is 0 Å². The highest BCUT2D eigenvalue weighted by atomic mass is 35.5. The summed E-state index contributed by atoms with van der Waals surface area (Å²) in [6, 6.07) is 20.8. The highest BCUT2D eigenvalue weighted by molar-refractivity contribution is 7.89. The van der Waals surface area contributed by atoms with Gasteiger partial charge in [-0.2, -0.15) is 4.31 Å². The van der Waals surface area contributed by atoms with Crippen LogP contribution < -0.4 is 0 Å². The normalized spacial score (nSPS) is 15.5. The maximum absolute atomic E-state index is 13.7. The molecule has 3 aromatic carbocycles. The summed E-state index contributed by atoms with van der Waals surface area (Å²) in [6.45, 7) is 3.00. The third-order valence-corrected chi connectivity index (χ3v) is 10.6. The maximum atomic E-state index is 13.7. The first-order chi connectivity index (χ1) is 18.4. The molecule has 10 heteroatoms. The lowest BCUT2D eigenvalue weighted by Crippen LogP contribution is -2.35. The SMILES string of the molecule is Cc1nnc2n1-c1sc3c(c1C(c1ccccc1Cl)=NC2)CCN(S(=O)(=O)c1ccc2ccccc2c1)C3. The van der Waals surface area contributed by atoms with Crippen LogP contribution in [0.15, 0.2) is 76.6 Å². The minimum atomic E-state index is -3.68. The molecular formula is C28H22ClN5O2S2. The number of sulfonamides is 1. The van der Waals surface area contributed by atoms with E-state index in [2.05, 4.69) is 10.2 Å². The first-order valence-corrected chi connectivity index (χ1v) is 14.9. The van der Waals surface area contributed by atoms with Gasteiger partial charge in [0.1, 0.15) is 17.4 Å². The molecular weight excluding hydrogens is 538 g/mol. The van der Waals surface area contributed by atoms with Crippen molar-refractivity contribution in [2.24, 2.45) is 4.99 Å². The Kier molecular flexibility index (Phi) is 5.52. The molecule has 0 amide bonds. The number of hydrogen-bond acceptors (Lipinski definition) is 6. The van der Waals surface area contributed by atoms with Gasteiger partial charge in [0, 0.05) is 34.1 Å². The maximum Gasteiger partial charge on any atom is 0.243 e. The summed E-state index contributed by atoms with van der Waals surface area (Å²) in [5.41, 5.74) is 3.80. The second kappa shape index (κ2) is 8.84. The fraction of sp³-hybridized carbons (Fsp3) is 0.179. The van der Waals surface area contributed by atoms with Crippen LogP contribution in [0.1, 0.15) is 33.2 Å². The number of thiophene rings is 1. The molecule has 5 aromatic rings. The second-order valence-corrected chi connectivity index (χ2v) is 12.9. The molecule has 0 aliphatic carbocycles. The van der Waals surface area contributed by atoms with Crippen LogP contribution in [0.5, 0.6) is 0 Å². The van der Waals surface area contributed by atoms with Gasteiger partial charge in [-0.1, -0.05) is 60.1 Å². The Hall–Kier alpha value is -3.37. The molecule has 0 bridgehead atoms. The number of halogens is 1. The van der Waals surface area contributed by atoms with E-state index in [1.807, 2.05) is 66.1 Å². The summed E-state index contributed by atoms with van der Waals surface area (Å²) < 4.78 is 31.1. The zero-order valence-electron chi connectivity index (χ0n) is 20.4. The standard InChI is InChI=1S/C28H22ClN5O2S2/c1-17-31-32-25-15-30-27(21-8-4-5-9-23(21)29)26-22-12-13-33(16-24(22)37-28(26)34(17)25)38(35,36)20-11-10-18-6-2-3-7-19(18)14-20/h2-11,14H,12-13,15-16H2,1H3. The highest BCUT2D eigenvalue weighted by Gasteiger charge is 2.35. The Morgan fingerprint density at radius 1 is 0.974 bits per heavy atom. The Balaban J connectivity index is 1.34. The average Bonchev–Trinajstić information content (AvgIpc) is 3.44. The fourth-order valence-electron chi connectivity index (χ4n) is 5.32. The molecule has 0 radical (unpaired) electrons. The van der Waals surface area contributed by atoms with Gasteiger partial charge in [0.15, 0.2) is 5.82 Å². The summed E-state index contributed by atoms with van der Waals surface area (Å²) in [5.74, 6) is 1.53. The fourth-order valence-corrected chi connectivity index (χ4v) is 8.51. The molecule has 4 heterocycles. The largest absolute Gasteiger partial charge is 0.276 e. The topological polar surface area (TPSA) is 80.5 Å². The molecule has 2 aromatic heterocycles. The third kappa shape index (κ3) is 3.65. The van der Waals surface area contributed by atoms with Crippen LogP contribution in [0.2, 0.25) is 5.02 Å². The van der Waals surface area contributed by atoms with Crippen molar-refractivity contribution < 1.29 is 8.42 Å². The predicted octanol–water partition coefficient (Wildman–Crippen LogP) is 5.54. The number of fused-ring (bicyclic) bond motifs is 6. The highest BCUT2D eigenvalue weighted by Crippen LogP contribution is 2.41. The van der Waals surface area contributed by atoms with E-state index < -0.39 is 10.0 Å². The van der Waals surface area contributed by atoms with E-state index in [-0.39, 0.29) is 0 Å². The molecule has 7 nitrogen and oxygen atoms in total. The van der Waals surface area contributed by atoms with Crippen LogP contribution in [-0.4, -0.2) is 39.7 Å². The lowest BCUT2D eigenvalue weighted by Gasteiger charge is -2.27. The van der Waals surface area contributed by atoms with E-state index in [9.17, 15) is 8.42 Å². The van der Waals surface area contributed by atoms with Crippen molar-refractivity contribution in [3.05, 3.63) is 105 Å². The monoisotopic (exact) mass is 559 g/mol. The summed E-state index contributed by atoms with van der Waals surface area (Å²) in [6.07, 6.45) is 0.577. The minimum absolute atomic E-state index is 0.300. The van der Waals surface area contributed by atoms with Crippen molar-refractivity contribution >= 4 is 49.4 Å². The Morgan fingerprint density at radius 3 is 2.61 bits per heavy atom. The van der Waals surface area contributed by atoms with E-state index in [1.54, 1.807) is 27.8 Å². The van der Waals surface area contributed by atoms with Crippen LogP contribution in [0.4, 0.5) is 0 Å². The summed E-state index contributed by atoms with van der Waals surface area (Å²) in [7, 11) is -3.68. The van der Waals surface area contributed by atoms with Crippen LogP contribution in [-0.2, 0) is 29.5 Å². The molecule has 0 saturated heterocycles. The molecule has 38 heavy (non-hydrogen) atoms. The number of aryl methyl sites for hydroxylation is 1. The molecule has 0 spiro atoms. The van der Waals surface area contributed by atoms with Crippen molar-refractivity contribution in [1.29, 1.82) is 0 Å². The Bertz CT molecular complexity index is 1890. The number of rotatable bonds is 3. The molecule has 0 N–H and O–H groups in total. The molecule has 0 atom stereocenters.